The van der Waals surface area contributed by atoms with Gasteiger partial charge in [-0.05, 0) is 32.0 Å². The Morgan fingerprint density at radius 3 is 2.86 bits per heavy atom. The first-order valence-electron chi connectivity index (χ1n) is 7.06. The van der Waals surface area contributed by atoms with Gasteiger partial charge in [-0.2, -0.15) is 0 Å². The summed E-state index contributed by atoms with van der Waals surface area (Å²) in [6.45, 7) is 4.14. The van der Waals surface area contributed by atoms with E-state index in [0.717, 1.165) is 17.3 Å². The second kappa shape index (κ2) is 5.74. The molecule has 0 bridgehead atoms. The normalized spacial score (nSPS) is 12.5. The molecule has 0 radical (unpaired) electrons. The molecule has 0 fully saturated rings. The van der Waals surface area contributed by atoms with Gasteiger partial charge in [-0.3, -0.25) is 4.79 Å². The van der Waals surface area contributed by atoms with E-state index in [2.05, 4.69) is 29.4 Å². The SMILES string of the molecule is Cc1ccc(CC(C)NC(=O)c2c[nH]c3ccccc23)s1. The van der Waals surface area contributed by atoms with Gasteiger partial charge in [0.2, 0.25) is 0 Å². The van der Waals surface area contributed by atoms with Crippen LogP contribution in [0.15, 0.2) is 42.6 Å². The van der Waals surface area contributed by atoms with Gasteiger partial charge in [0.05, 0.1) is 5.56 Å². The van der Waals surface area contributed by atoms with Crippen molar-refractivity contribution < 1.29 is 4.79 Å². The number of nitrogens with one attached hydrogen (secondary N) is 2. The molecule has 0 saturated heterocycles. The molecule has 1 aromatic carbocycles. The number of aromatic amines is 1. The van der Waals surface area contributed by atoms with E-state index < -0.39 is 0 Å². The first kappa shape index (κ1) is 13.9. The predicted molar refractivity (Wildman–Crippen MR) is 88.0 cm³/mol. The maximum Gasteiger partial charge on any atom is 0.253 e. The maximum absolute atomic E-state index is 12.4. The number of rotatable bonds is 4. The highest BCUT2D eigenvalue weighted by atomic mass is 32.1. The van der Waals surface area contributed by atoms with E-state index in [4.69, 9.17) is 0 Å². The van der Waals surface area contributed by atoms with Crippen molar-refractivity contribution >= 4 is 28.1 Å². The molecular weight excluding hydrogens is 280 g/mol. The third-order valence-electron chi connectivity index (χ3n) is 3.51. The van der Waals surface area contributed by atoms with Crippen molar-refractivity contribution in [3.63, 3.8) is 0 Å². The molecule has 1 amide bonds. The minimum absolute atomic E-state index is 0.0202. The summed E-state index contributed by atoms with van der Waals surface area (Å²) in [4.78, 5) is 18.1. The summed E-state index contributed by atoms with van der Waals surface area (Å²) >= 11 is 1.79. The number of thiophene rings is 1. The van der Waals surface area contributed by atoms with Crippen LogP contribution < -0.4 is 5.32 Å². The van der Waals surface area contributed by atoms with Gasteiger partial charge in [0, 0.05) is 39.3 Å². The molecule has 3 nitrogen and oxygen atoms in total. The molecule has 3 rings (SSSR count). The molecule has 2 aromatic heterocycles. The number of hydrogen-bond acceptors (Lipinski definition) is 2. The van der Waals surface area contributed by atoms with Crippen LogP contribution in [0, 0.1) is 6.92 Å². The maximum atomic E-state index is 12.4. The second-order valence-electron chi connectivity index (χ2n) is 5.34. The van der Waals surface area contributed by atoms with Crippen LogP contribution in [0.4, 0.5) is 0 Å². The molecule has 0 aliphatic heterocycles. The summed E-state index contributed by atoms with van der Waals surface area (Å²) in [7, 11) is 0. The van der Waals surface area contributed by atoms with E-state index in [0.29, 0.717) is 5.56 Å². The molecule has 0 aliphatic rings. The third-order valence-corrected chi connectivity index (χ3v) is 4.54. The molecule has 3 aromatic rings. The first-order chi connectivity index (χ1) is 10.1. The fourth-order valence-electron chi connectivity index (χ4n) is 2.51. The van der Waals surface area contributed by atoms with Crippen molar-refractivity contribution in [3.8, 4) is 0 Å². The van der Waals surface area contributed by atoms with E-state index in [1.54, 1.807) is 17.5 Å². The number of aromatic nitrogens is 1. The van der Waals surface area contributed by atoms with Gasteiger partial charge in [0.25, 0.3) is 5.91 Å². The average molecular weight is 298 g/mol. The van der Waals surface area contributed by atoms with Crippen molar-refractivity contribution in [2.24, 2.45) is 0 Å². The van der Waals surface area contributed by atoms with Crippen LogP contribution in [0.1, 0.15) is 27.0 Å². The second-order valence-corrected chi connectivity index (χ2v) is 6.71. The quantitative estimate of drug-likeness (QED) is 0.754. The summed E-state index contributed by atoms with van der Waals surface area (Å²) in [5, 5.41) is 4.05. The van der Waals surface area contributed by atoms with Crippen molar-refractivity contribution in [2.45, 2.75) is 26.3 Å². The van der Waals surface area contributed by atoms with Gasteiger partial charge in [0.15, 0.2) is 0 Å². The number of amides is 1. The van der Waals surface area contributed by atoms with Gasteiger partial charge in [-0.1, -0.05) is 18.2 Å². The highest BCUT2D eigenvalue weighted by Gasteiger charge is 2.14. The van der Waals surface area contributed by atoms with Crippen LogP contribution in [-0.2, 0) is 6.42 Å². The lowest BCUT2D eigenvalue weighted by Crippen LogP contribution is -2.33. The smallest absolute Gasteiger partial charge is 0.253 e. The molecule has 21 heavy (non-hydrogen) atoms. The summed E-state index contributed by atoms with van der Waals surface area (Å²) in [5.41, 5.74) is 1.70. The van der Waals surface area contributed by atoms with Crippen LogP contribution >= 0.6 is 11.3 Å². The zero-order chi connectivity index (χ0) is 14.8. The van der Waals surface area contributed by atoms with Crippen LogP contribution in [0.25, 0.3) is 10.9 Å². The summed E-state index contributed by atoms with van der Waals surface area (Å²) in [5.74, 6) is -0.0202. The van der Waals surface area contributed by atoms with E-state index in [1.165, 1.54) is 9.75 Å². The van der Waals surface area contributed by atoms with E-state index in [1.807, 2.05) is 31.2 Å². The predicted octanol–water partition coefficient (Wildman–Crippen LogP) is 3.90. The van der Waals surface area contributed by atoms with Crippen LogP contribution in [0.5, 0.6) is 0 Å². The van der Waals surface area contributed by atoms with Crippen LogP contribution in [0.3, 0.4) is 0 Å². The van der Waals surface area contributed by atoms with E-state index >= 15 is 0 Å². The lowest BCUT2D eigenvalue weighted by molar-refractivity contribution is 0.0942. The Kier molecular flexibility index (Phi) is 3.80. The molecule has 2 heterocycles. The Bertz CT molecular complexity index is 772. The Balaban J connectivity index is 1.71. The number of para-hydroxylation sites is 1. The number of carbonyl (C=O) groups excluding carboxylic acids is 1. The van der Waals surface area contributed by atoms with Crippen LogP contribution in [-0.4, -0.2) is 16.9 Å². The topological polar surface area (TPSA) is 44.9 Å². The van der Waals surface area contributed by atoms with Gasteiger partial charge >= 0.3 is 0 Å². The fourth-order valence-corrected chi connectivity index (χ4v) is 3.53. The number of benzene rings is 1. The standard InChI is InChI=1S/C17H18N2OS/c1-11(9-13-8-7-12(2)21-13)19-17(20)15-10-18-16-6-4-3-5-14(15)16/h3-8,10-11,18H,9H2,1-2H3,(H,19,20). The molecule has 4 heteroatoms. The molecule has 0 spiro atoms. The van der Waals surface area contributed by atoms with Crippen molar-refractivity contribution in [3.05, 3.63) is 57.9 Å². The molecule has 1 unspecified atom stereocenters. The molecule has 108 valence electrons. The largest absolute Gasteiger partial charge is 0.360 e. The molecule has 2 N–H and O–H groups in total. The van der Waals surface area contributed by atoms with Crippen LogP contribution in [0.2, 0.25) is 0 Å². The van der Waals surface area contributed by atoms with Gasteiger partial charge in [0.1, 0.15) is 0 Å². The number of hydrogen-bond donors (Lipinski definition) is 2. The van der Waals surface area contributed by atoms with Crippen molar-refractivity contribution in [1.82, 2.24) is 10.3 Å². The zero-order valence-electron chi connectivity index (χ0n) is 12.1. The lowest BCUT2D eigenvalue weighted by Gasteiger charge is -2.12. The summed E-state index contributed by atoms with van der Waals surface area (Å²) in [6, 6.07) is 12.2. The lowest BCUT2D eigenvalue weighted by atomic mass is 10.1. The number of carbonyl (C=O) groups is 1. The van der Waals surface area contributed by atoms with Crippen molar-refractivity contribution in [1.29, 1.82) is 0 Å². The summed E-state index contributed by atoms with van der Waals surface area (Å²) < 4.78 is 0. The fraction of sp³-hybridized carbons (Fsp3) is 0.235. The van der Waals surface area contributed by atoms with Gasteiger partial charge in [-0.15, -0.1) is 11.3 Å². The Labute approximate surface area is 128 Å². The molecule has 0 saturated carbocycles. The number of aryl methyl sites for hydroxylation is 1. The Hall–Kier alpha value is -2.07. The first-order valence-corrected chi connectivity index (χ1v) is 7.87. The monoisotopic (exact) mass is 298 g/mol. The third kappa shape index (κ3) is 3.00. The highest BCUT2D eigenvalue weighted by molar-refractivity contribution is 7.11. The highest BCUT2D eigenvalue weighted by Crippen LogP contribution is 2.19. The number of fused-ring (bicyclic) bond motifs is 1. The minimum Gasteiger partial charge on any atom is -0.360 e. The molecule has 1 atom stereocenters. The molecule has 0 aliphatic carbocycles. The van der Waals surface area contributed by atoms with E-state index in [-0.39, 0.29) is 11.9 Å². The van der Waals surface area contributed by atoms with E-state index in [9.17, 15) is 4.79 Å². The van der Waals surface area contributed by atoms with Gasteiger partial charge in [-0.25, -0.2) is 0 Å². The van der Waals surface area contributed by atoms with Gasteiger partial charge < -0.3 is 10.3 Å². The summed E-state index contributed by atoms with van der Waals surface area (Å²) in [6.07, 6.45) is 2.65. The Morgan fingerprint density at radius 1 is 1.29 bits per heavy atom. The van der Waals surface area contributed by atoms with Crippen molar-refractivity contribution in [2.75, 3.05) is 0 Å². The average Bonchev–Trinajstić information content (AvgIpc) is 3.04. The minimum atomic E-state index is -0.0202. The number of H-pyrrole nitrogens is 1. The zero-order valence-corrected chi connectivity index (χ0v) is 13.0. The Morgan fingerprint density at radius 2 is 2.10 bits per heavy atom. The molecular formula is C17H18N2OS.